The third-order valence-corrected chi connectivity index (χ3v) is 4.34. The van der Waals surface area contributed by atoms with E-state index < -0.39 is 11.9 Å². The first-order valence-electron chi connectivity index (χ1n) is 5.93. The van der Waals surface area contributed by atoms with Crippen molar-refractivity contribution < 1.29 is 14.6 Å². The molecular formula is C13H15BrClNO3. The molecule has 0 bridgehead atoms. The lowest BCUT2D eigenvalue weighted by atomic mass is 10.0. The van der Waals surface area contributed by atoms with E-state index >= 15 is 0 Å². The summed E-state index contributed by atoms with van der Waals surface area (Å²) in [5.41, 5.74) is 1.07. The summed E-state index contributed by atoms with van der Waals surface area (Å²) in [7, 11) is 1.91. The number of carboxylic acid groups (broad SMARTS) is 1. The summed E-state index contributed by atoms with van der Waals surface area (Å²) in [6.45, 7) is 1.39. The fraction of sp³-hybridized carbons (Fsp3) is 0.462. The predicted octanol–water partition coefficient (Wildman–Crippen LogP) is 2.63. The fourth-order valence-corrected chi connectivity index (χ4v) is 3.06. The molecule has 0 spiro atoms. The number of carbonyl (C=O) groups is 1. The van der Waals surface area contributed by atoms with Crippen molar-refractivity contribution in [3.05, 3.63) is 33.3 Å². The van der Waals surface area contributed by atoms with E-state index in [0.29, 0.717) is 18.2 Å². The molecule has 2 atom stereocenters. The van der Waals surface area contributed by atoms with Crippen LogP contribution in [0.2, 0.25) is 5.02 Å². The average Bonchev–Trinajstić information content (AvgIpc) is 2.82. The third kappa shape index (κ3) is 3.48. The number of likely N-dealkylation sites (N-methyl/N-ethyl adjacent to an activating group) is 1. The van der Waals surface area contributed by atoms with E-state index in [1.807, 2.05) is 30.1 Å². The van der Waals surface area contributed by atoms with Gasteiger partial charge in [0.15, 0.2) is 0 Å². The zero-order chi connectivity index (χ0) is 14.0. The summed E-state index contributed by atoms with van der Waals surface area (Å²) in [6.07, 6.45) is 0. The maximum absolute atomic E-state index is 11.1. The van der Waals surface area contributed by atoms with Gasteiger partial charge in [0.25, 0.3) is 0 Å². The molecular weight excluding hydrogens is 334 g/mol. The largest absolute Gasteiger partial charge is 0.481 e. The molecule has 19 heavy (non-hydrogen) atoms. The van der Waals surface area contributed by atoms with Crippen LogP contribution in [0.25, 0.3) is 0 Å². The highest BCUT2D eigenvalue weighted by Gasteiger charge is 2.36. The summed E-state index contributed by atoms with van der Waals surface area (Å²) < 4.78 is 6.21. The summed E-state index contributed by atoms with van der Waals surface area (Å²) in [5, 5.41) is 9.83. The minimum absolute atomic E-state index is 0.0971. The standard InChI is InChI=1S/C13H15BrClNO3/c1-16(12-7-19-6-10(12)13(17)18)5-8-2-3-9(15)4-11(8)14/h2-4,10,12H,5-7H2,1H3,(H,17,18). The van der Waals surface area contributed by atoms with Crippen LogP contribution in [-0.4, -0.2) is 42.3 Å². The van der Waals surface area contributed by atoms with E-state index in [1.165, 1.54) is 0 Å². The maximum atomic E-state index is 11.1. The SMILES string of the molecule is CN(Cc1ccc(Cl)cc1Br)C1COCC1C(=O)O. The van der Waals surface area contributed by atoms with Gasteiger partial charge in [0, 0.05) is 22.1 Å². The lowest BCUT2D eigenvalue weighted by Crippen LogP contribution is -2.40. The minimum Gasteiger partial charge on any atom is -0.481 e. The van der Waals surface area contributed by atoms with Gasteiger partial charge >= 0.3 is 5.97 Å². The first-order valence-corrected chi connectivity index (χ1v) is 7.11. The Morgan fingerprint density at radius 3 is 2.95 bits per heavy atom. The van der Waals surface area contributed by atoms with Crippen LogP contribution >= 0.6 is 27.5 Å². The number of nitrogens with zero attached hydrogens (tertiary/aromatic N) is 1. The van der Waals surface area contributed by atoms with Crippen LogP contribution in [-0.2, 0) is 16.1 Å². The zero-order valence-electron chi connectivity index (χ0n) is 10.5. The zero-order valence-corrected chi connectivity index (χ0v) is 12.8. The monoisotopic (exact) mass is 347 g/mol. The van der Waals surface area contributed by atoms with Crippen molar-refractivity contribution in [1.29, 1.82) is 0 Å². The topological polar surface area (TPSA) is 49.8 Å². The second-order valence-corrected chi connectivity index (χ2v) is 5.99. The van der Waals surface area contributed by atoms with Gasteiger partial charge in [0.2, 0.25) is 0 Å². The predicted molar refractivity (Wildman–Crippen MR) is 76.4 cm³/mol. The van der Waals surface area contributed by atoms with Gasteiger partial charge < -0.3 is 9.84 Å². The Balaban J connectivity index is 2.08. The van der Waals surface area contributed by atoms with Gasteiger partial charge in [-0.1, -0.05) is 33.6 Å². The number of carboxylic acids is 1. The molecule has 2 unspecified atom stereocenters. The Hall–Kier alpha value is -0.620. The number of aliphatic carboxylic acids is 1. The lowest BCUT2D eigenvalue weighted by molar-refractivity contribution is -0.143. The highest BCUT2D eigenvalue weighted by Crippen LogP contribution is 2.25. The normalized spacial score (nSPS) is 22.9. The maximum Gasteiger partial charge on any atom is 0.310 e. The Morgan fingerprint density at radius 2 is 2.32 bits per heavy atom. The van der Waals surface area contributed by atoms with Crippen LogP contribution in [0.1, 0.15) is 5.56 Å². The van der Waals surface area contributed by atoms with Gasteiger partial charge in [-0.25, -0.2) is 0 Å². The molecule has 1 aliphatic heterocycles. The van der Waals surface area contributed by atoms with E-state index in [-0.39, 0.29) is 12.6 Å². The van der Waals surface area contributed by atoms with Crippen LogP contribution in [0.5, 0.6) is 0 Å². The average molecular weight is 349 g/mol. The lowest BCUT2D eigenvalue weighted by Gasteiger charge is -2.26. The van der Waals surface area contributed by atoms with Crippen LogP contribution in [0, 0.1) is 5.92 Å². The van der Waals surface area contributed by atoms with Gasteiger partial charge in [0.1, 0.15) is 0 Å². The molecule has 0 aromatic heterocycles. The van der Waals surface area contributed by atoms with Gasteiger partial charge in [0.05, 0.1) is 19.1 Å². The molecule has 1 fully saturated rings. The smallest absolute Gasteiger partial charge is 0.310 e. The Morgan fingerprint density at radius 1 is 1.58 bits per heavy atom. The number of hydrogen-bond acceptors (Lipinski definition) is 3. The highest BCUT2D eigenvalue weighted by atomic mass is 79.9. The molecule has 0 radical (unpaired) electrons. The Kier molecular flexibility index (Phi) is 4.84. The molecule has 1 aliphatic rings. The Labute approximate surface area is 125 Å². The van der Waals surface area contributed by atoms with Gasteiger partial charge in [-0.3, -0.25) is 9.69 Å². The summed E-state index contributed by atoms with van der Waals surface area (Å²) in [5.74, 6) is -1.26. The van der Waals surface area contributed by atoms with Crippen molar-refractivity contribution in [3.8, 4) is 0 Å². The number of ether oxygens (including phenoxy) is 1. The molecule has 104 valence electrons. The molecule has 4 nitrogen and oxygen atoms in total. The third-order valence-electron chi connectivity index (χ3n) is 3.37. The first kappa shape index (κ1) is 14.8. The van der Waals surface area contributed by atoms with Crippen molar-refractivity contribution in [2.24, 2.45) is 5.92 Å². The Bertz CT molecular complexity index is 483. The molecule has 1 N–H and O–H groups in total. The quantitative estimate of drug-likeness (QED) is 0.909. The van der Waals surface area contributed by atoms with E-state index in [9.17, 15) is 4.79 Å². The van der Waals surface area contributed by atoms with Crippen LogP contribution in [0.4, 0.5) is 0 Å². The van der Waals surface area contributed by atoms with Crippen molar-refractivity contribution in [2.45, 2.75) is 12.6 Å². The fourth-order valence-electron chi connectivity index (χ4n) is 2.25. The van der Waals surface area contributed by atoms with Gasteiger partial charge in [-0.05, 0) is 24.7 Å². The number of hydrogen-bond donors (Lipinski definition) is 1. The van der Waals surface area contributed by atoms with E-state index in [0.717, 1.165) is 10.0 Å². The van der Waals surface area contributed by atoms with Crippen molar-refractivity contribution in [1.82, 2.24) is 4.90 Å². The van der Waals surface area contributed by atoms with Gasteiger partial charge in [-0.2, -0.15) is 0 Å². The molecule has 0 aliphatic carbocycles. The molecule has 1 heterocycles. The molecule has 1 aromatic carbocycles. The second-order valence-electron chi connectivity index (χ2n) is 4.70. The molecule has 1 saturated heterocycles. The summed E-state index contributed by atoms with van der Waals surface area (Å²) in [6, 6.07) is 5.51. The van der Waals surface area contributed by atoms with Gasteiger partial charge in [-0.15, -0.1) is 0 Å². The molecule has 1 aromatic rings. The van der Waals surface area contributed by atoms with Crippen LogP contribution in [0.3, 0.4) is 0 Å². The number of benzene rings is 1. The summed E-state index contributed by atoms with van der Waals surface area (Å²) >= 11 is 9.37. The van der Waals surface area contributed by atoms with Crippen molar-refractivity contribution >= 4 is 33.5 Å². The van der Waals surface area contributed by atoms with Crippen molar-refractivity contribution in [3.63, 3.8) is 0 Å². The molecule has 6 heteroatoms. The molecule has 0 amide bonds. The van der Waals surface area contributed by atoms with E-state index in [1.54, 1.807) is 0 Å². The number of rotatable bonds is 4. The van der Waals surface area contributed by atoms with Crippen LogP contribution < -0.4 is 0 Å². The van der Waals surface area contributed by atoms with E-state index in [2.05, 4.69) is 15.9 Å². The molecule has 2 rings (SSSR count). The summed E-state index contributed by atoms with van der Waals surface area (Å²) in [4.78, 5) is 13.2. The van der Waals surface area contributed by atoms with Crippen LogP contribution in [0.15, 0.2) is 22.7 Å². The number of halogens is 2. The molecule has 0 saturated carbocycles. The highest BCUT2D eigenvalue weighted by molar-refractivity contribution is 9.10. The van der Waals surface area contributed by atoms with E-state index in [4.69, 9.17) is 21.4 Å². The second kappa shape index (κ2) is 6.22. The first-order chi connectivity index (χ1) is 8.99. The minimum atomic E-state index is -0.801. The van der Waals surface area contributed by atoms with Crippen molar-refractivity contribution in [2.75, 3.05) is 20.3 Å².